The number of nitrogens with zero attached hydrogens (tertiary/aromatic N) is 2. The van der Waals surface area contributed by atoms with E-state index in [1.807, 2.05) is 18.2 Å². The van der Waals surface area contributed by atoms with Crippen molar-refractivity contribution >= 4 is 44.6 Å². The molecule has 3 aromatic carbocycles. The molecule has 0 fully saturated rings. The number of hydrogen-bond donors (Lipinski definition) is 0. The normalized spacial score (nSPS) is 11.6. The predicted molar refractivity (Wildman–Crippen MR) is 127 cm³/mol. The van der Waals surface area contributed by atoms with Gasteiger partial charge in [0.1, 0.15) is 5.82 Å². The number of aromatic nitrogens is 2. The molecule has 158 valence electrons. The summed E-state index contributed by atoms with van der Waals surface area (Å²) >= 11 is 19.4. The third-order valence-corrected chi connectivity index (χ3v) is 7.59. The van der Waals surface area contributed by atoms with Crippen LogP contribution in [-0.4, -0.2) is 23.7 Å². The van der Waals surface area contributed by atoms with Gasteiger partial charge in [-0.05, 0) is 47.5 Å². The molecule has 4 nitrogen and oxygen atoms in total. The molecule has 0 saturated carbocycles. The Morgan fingerprint density at radius 2 is 1.55 bits per heavy atom. The molecular weight excluding hydrogens is 475 g/mol. The summed E-state index contributed by atoms with van der Waals surface area (Å²) in [5, 5.41) is 1.46. The van der Waals surface area contributed by atoms with Crippen molar-refractivity contribution < 1.29 is 8.42 Å². The van der Waals surface area contributed by atoms with Gasteiger partial charge in [0.2, 0.25) is 0 Å². The first kappa shape index (κ1) is 21.9. The molecule has 31 heavy (non-hydrogen) atoms. The van der Waals surface area contributed by atoms with E-state index in [9.17, 15) is 8.42 Å². The Labute approximate surface area is 196 Å². The molecule has 4 rings (SSSR count). The smallest absolute Gasteiger partial charge is 0.178 e. The van der Waals surface area contributed by atoms with Crippen LogP contribution in [0.25, 0.3) is 28.2 Å². The first-order chi connectivity index (χ1) is 14.8. The van der Waals surface area contributed by atoms with Crippen LogP contribution in [0, 0.1) is 0 Å². The minimum atomic E-state index is -3.30. The van der Waals surface area contributed by atoms with E-state index in [2.05, 4.69) is 4.98 Å². The van der Waals surface area contributed by atoms with Crippen molar-refractivity contribution in [2.24, 2.45) is 0 Å². The van der Waals surface area contributed by atoms with Crippen LogP contribution in [0.5, 0.6) is 0 Å². The fourth-order valence-corrected chi connectivity index (χ4v) is 5.08. The van der Waals surface area contributed by atoms with Crippen LogP contribution in [0.1, 0.15) is 6.92 Å². The molecule has 0 N–H and O–H groups in total. The minimum Gasteiger partial charge on any atom is -0.297 e. The molecule has 1 aromatic heterocycles. The Morgan fingerprint density at radius 3 is 2.23 bits per heavy atom. The van der Waals surface area contributed by atoms with E-state index in [1.54, 1.807) is 66.3 Å². The van der Waals surface area contributed by atoms with Gasteiger partial charge >= 0.3 is 0 Å². The second-order valence-electron chi connectivity index (χ2n) is 6.82. The quantitative estimate of drug-likeness (QED) is 0.303. The standard InChI is InChI=1S/C23H17Cl3N2O2S/c1-2-31(29,30)17-6-3-5-15(13-17)16-9-10-18(21(26)14-16)23-27-11-12-28(23)22-19(24)7-4-8-20(22)25/h3-14H,2H2,1H3. The molecular formula is C23H17Cl3N2O2S. The molecule has 0 amide bonds. The van der Waals surface area contributed by atoms with Crippen molar-refractivity contribution in [2.75, 3.05) is 5.75 Å². The lowest BCUT2D eigenvalue weighted by Crippen LogP contribution is -2.03. The zero-order valence-electron chi connectivity index (χ0n) is 16.4. The van der Waals surface area contributed by atoms with Gasteiger partial charge in [0, 0.05) is 18.0 Å². The highest BCUT2D eigenvalue weighted by atomic mass is 35.5. The molecule has 4 aromatic rings. The zero-order valence-corrected chi connectivity index (χ0v) is 19.5. The van der Waals surface area contributed by atoms with Crippen molar-refractivity contribution in [3.63, 3.8) is 0 Å². The molecule has 0 spiro atoms. The van der Waals surface area contributed by atoms with Crippen LogP contribution in [0.2, 0.25) is 15.1 Å². The third-order valence-electron chi connectivity index (χ3n) is 4.94. The Kier molecular flexibility index (Phi) is 6.13. The highest BCUT2D eigenvalue weighted by Crippen LogP contribution is 2.36. The number of sulfone groups is 1. The van der Waals surface area contributed by atoms with Gasteiger partial charge in [-0.2, -0.15) is 0 Å². The molecule has 0 bridgehead atoms. The van der Waals surface area contributed by atoms with Crippen LogP contribution < -0.4 is 0 Å². The highest BCUT2D eigenvalue weighted by molar-refractivity contribution is 7.91. The van der Waals surface area contributed by atoms with Crippen LogP contribution in [-0.2, 0) is 9.84 Å². The molecule has 0 atom stereocenters. The maximum atomic E-state index is 12.2. The maximum Gasteiger partial charge on any atom is 0.178 e. The summed E-state index contributed by atoms with van der Waals surface area (Å²) in [6, 6.07) is 17.7. The van der Waals surface area contributed by atoms with Crippen molar-refractivity contribution in [1.29, 1.82) is 0 Å². The summed E-state index contributed by atoms with van der Waals surface area (Å²) in [6.45, 7) is 1.63. The summed E-state index contributed by atoms with van der Waals surface area (Å²) in [7, 11) is -3.30. The summed E-state index contributed by atoms with van der Waals surface area (Å²) < 4.78 is 26.3. The number of halogens is 3. The Bertz CT molecular complexity index is 1360. The highest BCUT2D eigenvalue weighted by Gasteiger charge is 2.17. The Hall–Kier alpha value is -2.31. The number of rotatable bonds is 5. The van der Waals surface area contributed by atoms with E-state index >= 15 is 0 Å². The van der Waals surface area contributed by atoms with E-state index in [4.69, 9.17) is 34.8 Å². The molecule has 0 aliphatic heterocycles. The summed E-state index contributed by atoms with van der Waals surface area (Å²) in [4.78, 5) is 4.74. The first-order valence-corrected chi connectivity index (χ1v) is 12.2. The molecule has 0 aliphatic carbocycles. The lowest BCUT2D eigenvalue weighted by atomic mass is 10.0. The second kappa shape index (κ2) is 8.67. The van der Waals surface area contributed by atoms with Crippen LogP contribution in [0.15, 0.2) is 78.0 Å². The average molecular weight is 492 g/mol. The predicted octanol–water partition coefficient (Wildman–Crippen LogP) is 6.96. The molecule has 8 heteroatoms. The lowest BCUT2D eigenvalue weighted by Gasteiger charge is -2.13. The van der Waals surface area contributed by atoms with Gasteiger partial charge in [-0.25, -0.2) is 13.4 Å². The maximum absolute atomic E-state index is 12.2. The van der Waals surface area contributed by atoms with Crippen molar-refractivity contribution in [3.8, 4) is 28.2 Å². The van der Waals surface area contributed by atoms with Crippen molar-refractivity contribution in [3.05, 3.63) is 88.1 Å². The van der Waals surface area contributed by atoms with Gasteiger partial charge in [0.15, 0.2) is 9.84 Å². The molecule has 0 aliphatic rings. The topological polar surface area (TPSA) is 52.0 Å². The van der Waals surface area contributed by atoms with Crippen molar-refractivity contribution in [1.82, 2.24) is 9.55 Å². The largest absolute Gasteiger partial charge is 0.297 e. The van der Waals surface area contributed by atoms with Gasteiger partial charge in [-0.15, -0.1) is 0 Å². The zero-order chi connectivity index (χ0) is 22.2. The summed E-state index contributed by atoms with van der Waals surface area (Å²) in [6.07, 6.45) is 3.42. The number of benzene rings is 3. The lowest BCUT2D eigenvalue weighted by molar-refractivity contribution is 0.597. The van der Waals surface area contributed by atoms with Crippen LogP contribution in [0.3, 0.4) is 0 Å². The van der Waals surface area contributed by atoms with Gasteiger partial charge < -0.3 is 0 Å². The summed E-state index contributed by atoms with van der Waals surface area (Å²) in [5.74, 6) is 0.637. The monoisotopic (exact) mass is 490 g/mol. The fourth-order valence-electron chi connectivity index (χ4n) is 3.31. The molecule has 0 unspecified atom stereocenters. The van der Waals surface area contributed by atoms with E-state index in [-0.39, 0.29) is 10.6 Å². The first-order valence-electron chi connectivity index (χ1n) is 9.42. The van der Waals surface area contributed by atoms with Crippen molar-refractivity contribution in [2.45, 2.75) is 11.8 Å². The molecule has 0 radical (unpaired) electrons. The Balaban J connectivity index is 1.78. The molecule has 1 heterocycles. The van der Waals surface area contributed by atoms with Gasteiger partial charge in [-0.1, -0.05) is 66.0 Å². The van der Waals surface area contributed by atoms with Gasteiger partial charge in [-0.3, -0.25) is 4.57 Å². The van der Waals surface area contributed by atoms with Crippen LogP contribution >= 0.6 is 34.8 Å². The van der Waals surface area contributed by atoms with E-state index < -0.39 is 9.84 Å². The van der Waals surface area contributed by atoms with Gasteiger partial charge in [0.25, 0.3) is 0 Å². The number of para-hydroxylation sites is 1. The van der Waals surface area contributed by atoms with E-state index in [1.165, 1.54) is 0 Å². The Morgan fingerprint density at radius 1 is 0.871 bits per heavy atom. The second-order valence-corrected chi connectivity index (χ2v) is 10.3. The summed E-state index contributed by atoms with van der Waals surface area (Å²) in [5.41, 5.74) is 2.89. The third kappa shape index (κ3) is 4.23. The molecule has 0 saturated heterocycles. The minimum absolute atomic E-state index is 0.0451. The average Bonchev–Trinajstić information content (AvgIpc) is 3.22. The van der Waals surface area contributed by atoms with E-state index in [0.717, 1.165) is 11.1 Å². The van der Waals surface area contributed by atoms with E-state index in [0.29, 0.717) is 32.1 Å². The van der Waals surface area contributed by atoms with Crippen LogP contribution in [0.4, 0.5) is 0 Å². The van der Waals surface area contributed by atoms with Gasteiger partial charge in [0.05, 0.1) is 31.4 Å². The number of hydrogen-bond acceptors (Lipinski definition) is 3. The SMILES string of the molecule is CCS(=O)(=O)c1cccc(-c2ccc(-c3nccn3-c3c(Cl)cccc3Cl)c(Cl)c2)c1. The fraction of sp³-hybridized carbons (Fsp3) is 0.0870. The number of imidazole rings is 1.